The SMILES string of the molecule is CN[C@@H](C)C(=O)Nc1ncc(-c2ccc(C)cc2C)n(CC(=O)N[C@@H]2CCCc3ccccc32)c1=O. The molecule has 1 heterocycles. The van der Waals surface area contributed by atoms with Gasteiger partial charge < -0.3 is 16.0 Å². The van der Waals surface area contributed by atoms with Gasteiger partial charge in [-0.25, -0.2) is 4.98 Å². The van der Waals surface area contributed by atoms with Crippen molar-refractivity contribution in [3.63, 3.8) is 0 Å². The van der Waals surface area contributed by atoms with Gasteiger partial charge in [-0.05, 0) is 63.8 Å². The molecule has 2 aromatic carbocycles. The quantitative estimate of drug-likeness (QED) is 0.474. The van der Waals surface area contributed by atoms with Crippen LogP contribution in [0.3, 0.4) is 0 Å². The van der Waals surface area contributed by atoms with Crippen LogP contribution < -0.4 is 21.5 Å². The van der Waals surface area contributed by atoms with Crippen molar-refractivity contribution >= 4 is 17.6 Å². The molecule has 0 bridgehead atoms. The first-order valence-corrected chi connectivity index (χ1v) is 12.3. The number of hydrogen-bond donors (Lipinski definition) is 3. The number of rotatable bonds is 7. The highest BCUT2D eigenvalue weighted by Crippen LogP contribution is 2.29. The van der Waals surface area contributed by atoms with Crippen LogP contribution in [-0.2, 0) is 22.6 Å². The molecule has 8 nitrogen and oxygen atoms in total. The molecule has 36 heavy (non-hydrogen) atoms. The zero-order chi connectivity index (χ0) is 25.8. The van der Waals surface area contributed by atoms with E-state index in [0.29, 0.717) is 5.69 Å². The number of likely N-dealkylation sites (N-methyl/N-ethyl adjacent to an activating group) is 1. The summed E-state index contributed by atoms with van der Waals surface area (Å²) in [7, 11) is 1.66. The largest absolute Gasteiger partial charge is 0.348 e. The summed E-state index contributed by atoms with van der Waals surface area (Å²) in [6.07, 6.45) is 4.38. The second kappa shape index (κ2) is 10.9. The van der Waals surface area contributed by atoms with E-state index in [9.17, 15) is 14.4 Å². The van der Waals surface area contributed by atoms with Crippen LogP contribution in [0.1, 0.15) is 48.1 Å². The summed E-state index contributed by atoms with van der Waals surface area (Å²) < 4.78 is 1.40. The van der Waals surface area contributed by atoms with E-state index >= 15 is 0 Å². The minimum atomic E-state index is -0.525. The highest BCUT2D eigenvalue weighted by atomic mass is 16.2. The molecule has 1 aliphatic carbocycles. The molecule has 188 valence electrons. The second-order valence-electron chi connectivity index (χ2n) is 9.41. The van der Waals surface area contributed by atoms with Gasteiger partial charge in [0.15, 0.2) is 5.82 Å². The Balaban J connectivity index is 1.68. The van der Waals surface area contributed by atoms with Crippen LogP contribution >= 0.6 is 0 Å². The molecule has 3 N–H and O–H groups in total. The fraction of sp³-hybridized carbons (Fsp3) is 0.357. The molecule has 0 radical (unpaired) electrons. The number of benzene rings is 2. The Hall–Kier alpha value is -3.78. The first kappa shape index (κ1) is 25.3. The van der Waals surface area contributed by atoms with E-state index in [1.807, 2.05) is 44.2 Å². The summed E-state index contributed by atoms with van der Waals surface area (Å²) in [6.45, 7) is 5.46. The number of hydrogen-bond acceptors (Lipinski definition) is 5. The van der Waals surface area contributed by atoms with E-state index in [1.165, 1.54) is 10.1 Å². The molecular formula is C28H33N5O3. The predicted molar refractivity (Wildman–Crippen MR) is 141 cm³/mol. The van der Waals surface area contributed by atoms with Crippen molar-refractivity contribution in [3.8, 4) is 11.3 Å². The van der Waals surface area contributed by atoms with Gasteiger partial charge in [-0.3, -0.25) is 19.0 Å². The van der Waals surface area contributed by atoms with Gasteiger partial charge in [-0.15, -0.1) is 0 Å². The third-order valence-electron chi connectivity index (χ3n) is 6.79. The lowest BCUT2D eigenvalue weighted by Crippen LogP contribution is -2.40. The smallest absolute Gasteiger partial charge is 0.294 e. The third-order valence-corrected chi connectivity index (χ3v) is 6.79. The number of aromatic nitrogens is 2. The van der Waals surface area contributed by atoms with Gasteiger partial charge >= 0.3 is 0 Å². The average Bonchev–Trinajstić information content (AvgIpc) is 2.86. The highest BCUT2D eigenvalue weighted by molar-refractivity contribution is 5.93. The molecule has 2 atom stereocenters. The van der Waals surface area contributed by atoms with Crippen molar-refractivity contribution in [1.82, 2.24) is 20.2 Å². The van der Waals surface area contributed by atoms with E-state index in [0.717, 1.165) is 41.5 Å². The molecule has 2 amide bonds. The summed E-state index contributed by atoms with van der Waals surface area (Å²) in [5.74, 6) is -0.750. The summed E-state index contributed by atoms with van der Waals surface area (Å²) >= 11 is 0. The van der Waals surface area contributed by atoms with Crippen molar-refractivity contribution in [2.45, 2.75) is 58.7 Å². The van der Waals surface area contributed by atoms with Crippen LogP contribution in [0.15, 0.2) is 53.5 Å². The van der Waals surface area contributed by atoms with Gasteiger partial charge in [0, 0.05) is 5.56 Å². The number of fused-ring (bicyclic) bond motifs is 1. The summed E-state index contributed by atoms with van der Waals surface area (Å²) in [5.41, 5.74) is 5.24. The monoisotopic (exact) mass is 487 g/mol. The maximum absolute atomic E-state index is 13.5. The number of nitrogens with one attached hydrogen (secondary N) is 3. The summed E-state index contributed by atoms with van der Waals surface area (Å²) in [6, 6.07) is 13.4. The molecule has 0 saturated carbocycles. The molecular weight excluding hydrogens is 454 g/mol. The minimum absolute atomic E-state index is 0.0970. The van der Waals surface area contributed by atoms with Crippen LogP contribution in [0.25, 0.3) is 11.3 Å². The van der Waals surface area contributed by atoms with Crippen molar-refractivity contribution in [2.24, 2.45) is 0 Å². The highest BCUT2D eigenvalue weighted by Gasteiger charge is 2.23. The van der Waals surface area contributed by atoms with E-state index in [4.69, 9.17) is 0 Å². The predicted octanol–water partition coefficient (Wildman–Crippen LogP) is 3.27. The Kier molecular flexibility index (Phi) is 7.64. The van der Waals surface area contributed by atoms with Crippen LogP contribution in [0.4, 0.5) is 5.82 Å². The standard InChI is InChI=1S/C28H33N5O3/c1-17-12-13-21(18(2)14-17)24-15-30-26(32-27(35)19(3)29-4)28(36)33(24)16-25(34)31-23-11-7-9-20-8-5-6-10-22(20)23/h5-6,8,10,12-15,19,23,29H,7,9,11,16H2,1-4H3,(H,31,34)(H,30,32,35)/t19-,23+/m0/s1. The maximum Gasteiger partial charge on any atom is 0.294 e. The summed E-state index contributed by atoms with van der Waals surface area (Å²) in [4.78, 5) is 43.4. The second-order valence-corrected chi connectivity index (χ2v) is 9.41. The normalized spacial score (nSPS) is 15.6. The van der Waals surface area contributed by atoms with Crippen molar-refractivity contribution < 1.29 is 9.59 Å². The lowest BCUT2D eigenvalue weighted by Gasteiger charge is -2.26. The number of aryl methyl sites for hydroxylation is 3. The molecule has 8 heteroatoms. The van der Waals surface area contributed by atoms with Gasteiger partial charge in [-0.2, -0.15) is 0 Å². The molecule has 4 rings (SSSR count). The molecule has 3 aromatic rings. The van der Waals surface area contributed by atoms with E-state index < -0.39 is 11.6 Å². The number of anilines is 1. The number of nitrogens with zero attached hydrogens (tertiary/aromatic N) is 2. The summed E-state index contributed by atoms with van der Waals surface area (Å²) in [5, 5.41) is 8.56. The molecule has 1 aromatic heterocycles. The molecule has 0 spiro atoms. The van der Waals surface area contributed by atoms with Gasteiger partial charge in [0.25, 0.3) is 5.56 Å². The lowest BCUT2D eigenvalue weighted by atomic mass is 9.88. The molecule has 1 aliphatic rings. The van der Waals surface area contributed by atoms with Crippen LogP contribution in [0, 0.1) is 13.8 Å². The van der Waals surface area contributed by atoms with Gasteiger partial charge in [0.05, 0.1) is 24.0 Å². The van der Waals surface area contributed by atoms with Crippen molar-refractivity contribution in [1.29, 1.82) is 0 Å². The zero-order valence-corrected chi connectivity index (χ0v) is 21.2. The van der Waals surface area contributed by atoms with E-state index in [-0.39, 0.29) is 30.2 Å². The Morgan fingerprint density at radius 3 is 2.69 bits per heavy atom. The van der Waals surface area contributed by atoms with Crippen molar-refractivity contribution in [2.75, 3.05) is 12.4 Å². The number of carbonyl (C=O) groups excluding carboxylic acids is 2. The van der Waals surface area contributed by atoms with Crippen molar-refractivity contribution in [3.05, 3.63) is 81.3 Å². The number of carbonyl (C=O) groups is 2. The number of amides is 2. The Morgan fingerprint density at radius 1 is 1.17 bits per heavy atom. The lowest BCUT2D eigenvalue weighted by molar-refractivity contribution is -0.122. The minimum Gasteiger partial charge on any atom is -0.348 e. The molecule has 0 fully saturated rings. The fourth-order valence-electron chi connectivity index (χ4n) is 4.69. The Bertz CT molecular complexity index is 1350. The third kappa shape index (κ3) is 5.39. The first-order valence-electron chi connectivity index (χ1n) is 12.3. The van der Waals surface area contributed by atoms with Gasteiger partial charge in [0.1, 0.15) is 6.54 Å². The Labute approximate surface area is 211 Å². The first-order chi connectivity index (χ1) is 17.3. The van der Waals surface area contributed by atoms with Crippen LogP contribution in [-0.4, -0.2) is 34.5 Å². The van der Waals surface area contributed by atoms with E-state index in [2.05, 4.69) is 33.1 Å². The zero-order valence-electron chi connectivity index (χ0n) is 21.2. The van der Waals surface area contributed by atoms with Gasteiger partial charge in [-0.1, -0.05) is 48.0 Å². The Morgan fingerprint density at radius 2 is 1.94 bits per heavy atom. The van der Waals surface area contributed by atoms with E-state index in [1.54, 1.807) is 20.2 Å². The van der Waals surface area contributed by atoms with Crippen LogP contribution in [0.2, 0.25) is 0 Å². The molecule has 0 saturated heterocycles. The average molecular weight is 488 g/mol. The molecule has 0 unspecified atom stereocenters. The fourth-order valence-corrected chi connectivity index (χ4v) is 4.69. The molecule has 0 aliphatic heterocycles. The topological polar surface area (TPSA) is 105 Å². The van der Waals surface area contributed by atoms with Crippen LogP contribution in [0.5, 0.6) is 0 Å². The maximum atomic E-state index is 13.5. The van der Waals surface area contributed by atoms with Gasteiger partial charge in [0.2, 0.25) is 11.8 Å².